The van der Waals surface area contributed by atoms with Gasteiger partial charge in [-0.1, -0.05) is 18.9 Å². The normalized spacial score (nSPS) is 23.5. The van der Waals surface area contributed by atoms with Crippen LogP contribution in [0.5, 0.6) is 0 Å². The van der Waals surface area contributed by atoms with E-state index in [-0.39, 0.29) is 24.3 Å². The maximum atomic E-state index is 12.6. The Balaban J connectivity index is 1.18. The summed E-state index contributed by atoms with van der Waals surface area (Å²) >= 11 is 0. The van der Waals surface area contributed by atoms with Crippen molar-refractivity contribution in [3.8, 4) is 0 Å². The van der Waals surface area contributed by atoms with Gasteiger partial charge in [0, 0.05) is 57.9 Å². The molecule has 1 aromatic heterocycles. The number of hydrogen-bond acceptors (Lipinski definition) is 5. The third-order valence-corrected chi connectivity index (χ3v) is 6.87. The number of carbonyl (C=O) groups is 2. The van der Waals surface area contributed by atoms with E-state index in [2.05, 4.69) is 26.2 Å². The largest absolute Gasteiger partial charge is 0.354 e. The molecule has 0 bridgehead atoms. The highest BCUT2D eigenvalue weighted by atomic mass is 16.2. The van der Waals surface area contributed by atoms with Crippen LogP contribution in [0.25, 0.3) is 0 Å². The standard InChI is InChI=1S/C23H35N5O2/c29-22(16-25-23(30)20-7-1-2-8-20)28-11-5-6-19(18-28)17-26-12-14-27(15-13-26)21-9-3-4-10-24-21/h3-4,9-10,19-20H,1-2,5-8,11-18H2,(H,25,30). The van der Waals surface area contributed by atoms with Gasteiger partial charge in [0.05, 0.1) is 6.54 Å². The van der Waals surface area contributed by atoms with Crippen LogP contribution in [0.4, 0.5) is 5.82 Å². The van der Waals surface area contributed by atoms with Crippen molar-refractivity contribution in [2.24, 2.45) is 11.8 Å². The molecule has 30 heavy (non-hydrogen) atoms. The lowest BCUT2D eigenvalue weighted by atomic mass is 9.97. The molecule has 3 heterocycles. The molecule has 1 aromatic rings. The minimum atomic E-state index is 0.0696. The molecule has 1 saturated carbocycles. The van der Waals surface area contributed by atoms with E-state index in [1.54, 1.807) is 0 Å². The average Bonchev–Trinajstić information content (AvgIpc) is 3.34. The van der Waals surface area contributed by atoms with E-state index in [1.807, 2.05) is 23.2 Å². The molecular formula is C23H35N5O2. The molecular weight excluding hydrogens is 378 g/mol. The van der Waals surface area contributed by atoms with Gasteiger partial charge in [-0.2, -0.15) is 0 Å². The molecule has 1 aliphatic carbocycles. The molecule has 1 unspecified atom stereocenters. The molecule has 2 amide bonds. The summed E-state index contributed by atoms with van der Waals surface area (Å²) in [5.74, 6) is 1.85. The number of likely N-dealkylation sites (tertiary alicyclic amines) is 1. The fraction of sp³-hybridized carbons (Fsp3) is 0.696. The van der Waals surface area contributed by atoms with Gasteiger partial charge >= 0.3 is 0 Å². The Labute approximate surface area is 179 Å². The SMILES string of the molecule is O=C(NCC(=O)N1CCCC(CN2CCN(c3ccccn3)CC2)C1)C1CCCC1. The fourth-order valence-corrected chi connectivity index (χ4v) is 5.11. The summed E-state index contributed by atoms with van der Waals surface area (Å²) in [6.45, 7) is 6.93. The van der Waals surface area contributed by atoms with Crippen LogP contribution in [0.3, 0.4) is 0 Å². The summed E-state index contributed by atoms with van der Waals surface area (Å²) in [5, 5.41) is 2.89. The van der Waals surface area contributed by atoms with E-state index in [1.165, 1.54) is 6.42 Å². The lowest BCUT2D eigenvalue weighted by Gasteiger charge is -2.39. The molecule has 7 nitrogen and oxygen atoms in total. The third-order valence-electron chi connectivity index (χ3n) is 6.87. The summed E-state index contributed by atoms with van der Waals surface area (Å²) in [6, 6.07) is 6.07. The predicted molar refractivity (Wildman–Crippen MR) is 117 cm³/mol. The molecule has 3 fully saturated rings. The molecule has 2 saturated heterocycles. The van der Waals surface area contributed by atoms with Crippen LogP contribution >= 0.6 is 0 Å². The Kier molecular flexibility index (Phi) is 7.20. The van der Waals surface area contributed by atoms with E-state index in [4.69, 9.17) is 0 Å². The van der Waals surface area contributed by atoms with Gasteiger partial charge in [0.2, 0.25) is 11.8 Å². The van der Waals surface area contributed by atoms with E-state index in [0.29, 0.717) is 5.92 Å². The van der Waals surface area contributed by atoms with Crippen LogP contribution in [-0.2, 0) is 9.59 Å². The first-order chi connectivity index (χ1) is 14.7. The van der Waals surface area contributed by atoms with Crippen LogP contribution in [-0.4, -0.2) is 79.0 Å². The number of carbonyl (C=O) groups excluding carboxylic acids is 2. The second-order valence-corrected chi connectivity index (χ2v) is 9.02. The number of nitrogens with zero attached hydrogens (tertiary/aromatic N) is 4. The first-order valence-corrected chi connectivity index (χ1v) is 11.6. The zero-order chi connectivity index (χ0) is 20.8. The van der Waals surface area contributed by atoms with Crippen molar-refractivity contribution in [2.75, 3.05) is 57.3 Å². The van der Waals surface area contributed by atoms with Crippen molar-refractivity contribution in [1.82, 2.24) is 20.1 Å². The molecule has 0 radical (unpaired) electrons. The predicted octanol–water partition coefficient (Wildman–Crippen LogP) is 1.75. The van der Waals surface area contributed by atoms with Crippen LogP contribution in [0.1, 0.15) is 38.5 Å². The Hall–Kier alpha value is -2.15. The molecule has 4 rings (SSSR count). The smallest absolute Gasteiger partial charge is 0.241 e. The average molecular weight is 414 g/mol. The number of hydrogen-bond donors (Lipinski definition) is 1. The Morgan fingerprint density at radius 2 is 1.80 bits per heavy atom. The van der Waals surface area contributed by atoms with Crippen molar-refractivity contribution in [3.63, 3.8) is 0 Å². The molecule has 1 atom stereocenters. The Morgan fingerprint density at radius 3 is 2.53 bits per heavy atom. The minimum Gasteiger partial charge on any atom is -0.354 e. The van der Waals surface area contributed by atoms with Gasteiger partial charge in [0.25, 0.3) is 0 Å². The molecule has 7 heteroatoms. The second-order valence-electron chi connectivity index (χ2n) is 9.02. The number of amides is 2. The molecule has 3 aliphatic rings. The minimum absolute atomic E-state index is 0.0696. The topological polar surface area (TPSA) is 68.8 Å². The first kappa shape index (κ1) is 21.1. The quantitative estimate of drug-likeness (QED) is 0.770. The van der Waals surface area contributed by atoms with Crippen LogP contribution in [0.15, 0.2) is 24.4 Å². The van der Waals surface area contributed by atoms with Gasteiger partial charge < -0.3 is 15.1 Å². The number of piperazine rings is 1. The second kappa shape index (κ2) is 10.2. The molecule has 164 valence electrons. The summed E-state index contributed by atoms with van der Waals surface area (Å²) in [5.41, 5.74) is 0. The number of pyridine rings is 1. The van der Waals surface area contributed by atoms with Crippen molar-refractivity contribution < 1.29 is 9.59 Å². The first-order valence-electron chi connectivity index (χ1n) is 11.6. The highest BCUT2D eigenvalue weighted by molar-refractivity contribution is 5.86. The van der Waals surface area contributed by atoms with Crippen molar-refractivity contribution in [3.05, 3.63) is 24.4 Å². The highest BCUT2D eigenvalue weighted by Crippen LogP contribution is 2.24. The van der Waals surface area contributed by atoms with Gasteiger partial charge in [-0.15, -0.1) is 0 Å². The van der Waals surface area contributed by atoms with Gasteiger partial charge in [-0.05, 0) is 43.7 Å². The number of anilines is 1. The summed E-state index contributed by atoms with van der Waals surface area (Å²) in [4.78, 5) is 36.1. The number of piperidine rings is 1. The van der Waals surface area contributed by atoms with Crippen molar-refractivity contribution in [1.29, 1.82) is 0 Å². The van der Waals surface area contributed by atoms with Crippen molar-refractivity contribution in [2.45, 2.75) is 38.5 Å². The number of nitrogens with one attached hydrogen (secondary N) is 1. The lowest BCUT2D eigenvalue weighted by Crippen LogP contribution is -2.51. The number of aromatic nitrogens is 1. The molecule has 1 N–H and O–H groups in total. The Morgan fingerprint density at radius 1 is 1.00 bits per heavy atom. The van der Waals surface area contributed by atoms with Crippen LogP contribution in [0, 0.1) is 11.8 Å². The maximum absolute atomic E-state index is 12.6. The van der Waals surface area contributed by atoms with E-state index >= 15 is 0 Å². The van der Waals surface area contributed by atoms with Gasteiger partial charge in [0.1, 0.15) is 5.82 Å². The molecule has 0 aromatic carbocycles. The molecule has 0 spiro atoms. The lowest BCUT2D eigenvalue weighted by molar-refractivity contribution is -0.135. The van der Waals surface area contributed by atoms with E-state index in [0.717, 1.165) is 83.7 Å². The highest BCUT2D eigenvalue weighted by Gasteiger charge is 2.28. The van der Waals surface area contributed by atoms with Crippen LogP contribution < -0.4 is 10.2 Å². The Bertz CT molecular complexity index is 699. The number of rotatable bonds is 6. The van der Waals surface area contributed by atoms with Gasteiger partial charge in [-0.3, -0.25) is 14.5 Å². The summed E-state index contributed by atoms with van der Waals surface area (Å²) in [7, 11) is 0. The van der Waals surface area contributed by atoms with Gasteiger partial charge in [0.15, 0.2) is 0 Å². The summed E-state index contributed by atoms with van der Waals surface area (Å²) in [6.07, 6.45) is 8.30. The maximum Gasteiger partial charge on any atom is 0.241 e. The zero-order valence-electron chi connectivity index (χ0n) is 18.0. The van der Waals surface area contributed by atoms with Crippen LogP contribution in [0.2, 0.25) is 0 Å². The fourth-order valence-electron chi connectivity index (χ4n) is 5.11. The third kappa shape index (κ3) is 5.50. The van der Waals surface area contributed by atoms with Gasteiger partial charge in [-0.25, -0.2) is 4.98 Å². The van der Waals surface area contributed by atoms with E-state index < -0.39 is 0 Å². The molecule has 2 aliphatic heterocycles. The zero-order valence-corrected chi connectivity index (χ0v) is 18.0. The monoisotopic (exact) mass is 413 g/mol. The van der Waals surface area contributed by atoms with E-state index in [9.17, 15) is 9.59 Å². The van der Waals surface area contributed by atoms with Crippen molar-refractivity contribution >= 4 is 17.6 Å². The summed E-state index contributed by atoms with van der Waals surface area (Å²) < 4.78 is 0.